The Bertz CT molecular complexity index is 1510. The van der Waals surface area contributed by atoms with Crippen molar-refractivity contribution in [3.05, 3.63) is 41.0 Å². The molecule has 0 aliphatic rings. The van der Waals surface area contributed by atoms with Gasteiger partial charge in [0.15, 0.2) is 26.5 Å². The van der Waals surface area contributed by atoms with E-state index in [9.17, 15) is 34.8 Å². The summed E-state index contributed by atoms with van der Waals surface area (Å²) < 4.78 is 105. The molecule has 15 heteroatoms. The van der Waals surface area contributed by atoms with Gasteiger partial charge in [0.2, 0.25) is 0 Å². The van der Waals surface area contributed by atoms with Gasteiger partial charge in [0, 0.05) is 18.8 Å². The lowest BCUT2D eigenvalue weighted by Gasteiger charge is -2.11. The zero-order valence-electron chi connectivity index (χ0n) is 17.2. The number of sulfone groups is 1. The smallest absolute Gasteiger partial charge is 0.309 e. The summed E-state index contributed by atoms with van der Waals surface area (Å²) in [7, 11) is -2.57. The van der Waals surface area contributed by atoms with E-state index in [1.54, 1.807) is 0 Å². The lowest BCUT2D eigenvalue weighted by Crippen LogP contribution is -2.08. The topological polar surface area (TPSA) is 90.6 Å². The van der Waals surface area contributed by atoms with Crippen LogP contribution >= 0.6 is 11.3 Å². The third kappa shape index (κ3) is 4.24. The first-order chi connectivity index (χ1) is 15.7. The molecular formula is C19H13F6N5O2S2. The summed E-state index contributed by atoms with van der Waals surface area (Å²) in [6, 6.07) is 3.78. The Kier molecular flexibility index (Phi) is 5.67. The first kappa shape index (κ1) is 24.1. The van der Waals surface area contributed by atoms with E-state index in [1.807, 2.05) is 0 Å². The molecule has 7 nitrogen and oxygen atoms in total. The molecule has 0 saturated heterocycles. The van der Waals surface area contributed by atoms with Crippen LogP contribution in [0.4, 0.5) is 26.3 Å². The number of benzene rings is 1. The molecule has 3 aromatic heterocycles. The summed E-state index contributed by atoms with van der Waals surface area (Å²) in [5.41, 5.74) is -1.36. The highest BCUT2D eigenvalue weighted by atomic mass is 32.2. The average molecular weight is 521 g/mol. The van der Waals surface area contributed by atoms with Crippen molar-refractivity contribution in [1.29, 1.82) is 0 Å². The first-order valence-corrected chi connectivity index (χ1v) is 11.9. The number of alkyl halides is 6. The monoisotopic (exact) mass is 521 g/mol. The Morgan fingerprint density at radius 1 is 1.00 bits per heavy atom. The molecule has 0 saturated carbocycles. The molecule has 0 spiro atoms. The number of hydrogen-bond acceptors (Lipinski definition) is 7. The van der Waals surface area contributed by atoms with Crippen molar-refractivity contribution in [2.45, 2.75) is 24.2 Å². The van der Waals surface area contributed by atoms with Gasteiger partial charge < -0.3 is 4.57 Å². The first-order valence-electron chi connectivity index (χ1n) is 9.40. The highest BCUT2D eigenvalue weighted by molar-refractivity contribution is 7.91. The van der Waals surface area contributed by atoms with Crippen molar-refractivity contribution < 1.29 is 34.8 Å². The van der Waals surface area contributed by atoms with Gasteiger partial charge in [-0.25, -0.2) is 13.4 Å². The van der Waals surface area contributed by atoms with E-state index in [1.165, 1.54) is 24.6 Å². The minimum atomic E-state index is -4.72. The molecule has 34 heavy (non-hydrogen) atoms. The molecule has 0 atom stereocenters. The van der Waals surface area contributed by atoms with Gasteiger partial charge in [0.05, 0.1) is 26.4 Å². The molecule has 0 unspecified atom stereocenters. The zero-order chi connectivity index (χ0) is 25.1. The highest BCUT2D eigenvalue weighted by Gasteiger charge is 2.36. The Morgan fingerprint density at radius 2 is 1.68 bits per heavy atom. The molecule has 0 aliphatic carbocycles. The van der Waals surface area contributed by atoms with Crippen molar-refractivity contribution >= 4 is 31.4 Å². The number of halogens is 6. The van der Waals surface area contributed by atoms with Crippen molar-refractivity contribution in [3.8, 4) is 22.9 Å². The average Bonchev–Trinajstić information content (AvgIpc) is 3.35. The van der Waals surface area contributed by atoms with Crippen LogP contribution in [-0.4, -0.2) is 38.9 Å². The highest BCUT2D eigenvalue weighted by Crippen LogP contribution is 2.39. The Morgan fingerprint density at radius 3 is 2.29 bits per heavy atom. The molecule has 0 aliphatic heterocycles. The minimum absolute atomic E-state index is 0.0547. The molecule has 0 amide bonds. The van der Waals surface area contributed by atoms with Gasteiger partial charge in [0.25, 0.3) is 0 Å². The number of thiazole rings is 1. The minimum Gasteiger partial charge on any atom is -0.309 e. The molecule has 4 rings (SSSR count). The number of aromatic nitrogens is 5. The predicted molar refractivity (Wildman–Crippen MR) is 111 cm³/mol. The van der Waals surface area contributed by atoms with E-state index in [-0.39, 0.29) is 43.8 Å². The molecular weight excluding hydrogens is 508 g/mol. The lowest BCUT2D eigenvalue weighted by molar-refractivity contribution is -0.138. The molecule has 0 N–H and O–H groups in total. The van der Waals surface area contributed by atoms with Gasteiger partial charge >= 0.3 is 12.4 Å². The van der Waals surface area contributed by atoms with Crippen molar-refractivity contribution in [3.63, 3.8) is 0 Å². The molecule has 1 aromatic carbocycles. The quantitative estimate of drug-likeness (QED) is 0.352. The van der Waals surface area contributed by atoms with Gasteiger partial charge in [-0.15, -0.1) is 21.5 Å². The van der Waals surface area contributed by atoms with Crippen LogP contribution < -0.4 is 0 Å². The largest absolute Gasteiger partial charge is 0.443 e. The van der Waals surface area contributed by atoms with Crippen LogP contribution in [0, 0.1) is 0 Å². The Hall–Kier alpha value is -3.07. The maximum Gasteiger partial charge on any atom is 0.443 e. The second-order valence-electron chi connectivity index (χ2n) is 7.07. The Labute approximate surface area is 192 Å². The SMILES string of the molecule is CCS(=O)(=O)c1cc2nc(C(F)(F)F)sc2cc1-c1nnc(-c2cc(C(F)(F)F)ccn2)n1C. The molecule has 0 bridgehead atoms. The fourth-order valence-corrected chi connectivity index (χ4v) is 5.12. The van der Waals surface area contributed by atoms with Crippen LogP contribution in [0.15, 0.2) is 35.4 Å². The third-order valence-corrected chi connectivity index (χ3v) is 7.71. The maximum absolute atomic E-state index is 13.1. The lowest BCUT2D eigenvalue weighted by atomic mass is 10.2. The molecule has 3 heterocycles. The van der Waals surface area contributed by atoms with Crippen LogP contribution in [0.2, 0.25) is 0 Å². The van der Waals surface area contributed by atoms with Crippen LogP contribution in [0.1, 0.15) is 17.5 Å². The maximum atomic E-state index is 13.1. The van der Waals surface area contributed by atoms with Crippen molar-refractivity contribution in [2.24, 2.45) is 7.05 Å². The van der Waals surface area contributed by atoms with Gasteiger partial charge in [-0.05, 0) is 24.3 Å². The van der Waals surface area contributed by atoms with E-state index in [4.69, 9.17) is 0 Å². The summed E-state index contributed by atoms with van der Waals surface area (Å²) in [4.78, 5) is 7.07. The van der Waals surface area contributed by atoms with Crippen molar-refractivity contribution in [2.75, 3.05) is 5.75 Å². The fraction of sp³-hybridized carbons (Fsp3) is 0.263. The van der Waals surface area contributed by atoms with Crippen LogP contribution in [0.5, 0.6) is 0 Å². The van der Waals surface area contributed by atoms with Gasteiger partial charge in [0.1, 0.15) is 5.69 Å². The van der Waals surface area contributed by atoms with E-state index >= 15 is 0 Å². The van der Waals surface area contributed by atoms with Gasteiger partial charge in [-0.3, -0.25) is 4.98 Å². The van der Waals surface area contributed by atoms with Gasteiger partial charge in [-0.2, -0.15) is 26.3 Å². The number of hydrogen-bond donors (Lipinski definition) is 0. The third-order valence-electron chi connectivity index (χ3n) is 4.88. The summed E-state index contributed by atoms with van der Waals surface area (Å²) in [5.74, 6) is -0.534. The Balaban J connectivity index is 1.94. The number of fused-ring (bicyclic) bond motifs is 1. The zero-order valence-corrected chi connectivity index (χ0v) is 18.9. The van der Waals surface area contributed by atoms with E-state index < -0.39 is 32.8 Å². The van der Waals surface area contributed by atoms with Crippen molar-refractivity contribution in [1.82, 2.24) is 24.7 Å². The fourth-order valence-electron chi connectivity index (χ4n) is 3.18. The summed E-state index contributed by atoms with van der Waals surface area (Å²) >= 11 is 0.328. The normalized spacial score (nSPS) is 13.1. The number of pyridine rings is 1. The molecule has 4 aromatic rings. The second kappa shape index (κ2) is 8.01. The summed E-state index contributed by atoms with van der Waals surface area (Å²) in [6.45, 7) is 1.36. The summed E-state index contributed by atoms with van der Waals surface area (Å²) in [6.07, 6.45) is -8.41. The van der Waals surface area contributed by atoms with E-state index in [0.29, 0.717) is 11.3 Å². The van der Waals surface area contributed by atoms with Gasteiger partial charge in [-0.1, -0.05) is 6.92 Å². The van der Waals surface area contributed by atoms with E-state index in [2.05, 4.69) is 20.2 Å². The molecule has 0 fully saturated rings. The molecule has 180 valence electrons. The second-order valence-corrected chi connectivity index (χ2v) is 10.3. The van der Waals surface area contributed by atoms with E-state index in [0.717, 1.165) is 24.4 Å². The predicted octanol–water partition coefficient (Wildman–Crippen LogP) is 4.99. The van der Waals surface area contributed by atoms with Crippen LogP contribution in [-0.2, 0) is 29.2 Å². The standard InChI is InChI=1S/C19H13F6N5O2S2/c1-3-34(31,32)14-8-11-13(33-17(27-11)19(23,24)25)7-10(14)15-28-29-16(30(15)2)12-6-9(4-5-26-12)18(20,21)22/h4-8H,3H2,1-2H3. The summed E-state index contributed by atoms with van der Waals surface area (Å²) in [5, 5.41) is 6.62. The number of rotatable bonds is 4. The number of nitrogens with zero attached hydrogens (tertiary/aromatic N) is 5. The molecule has 0 radical (unpaired) electrons. The van der Waals surface area contributed by atoms with Crippen LogP contribution in [0.3, 0.4) is 0 Å². The van der Waals surface area contributed by atoms with Crippen LogP contribution in [0.25, 0.3) is 33.1 Å².